The highest BCUT2D eigenvalue weighted by Gasteiger charge is 2.07. The molecule has 3 heterocycles. The number of hydrogen-bond donors (Lipinski definition) is 0. The first-order valence-corrected chi connectivity index (χ1v) is 6.00. The number of hydrogen-bond acceptors (Lipinski definition) is 4. The van der Waals surface area contributed by atoms with Gasteiger partial charge in [0.2, 0.25) is 0 Å². The van der Waals surface area contributed by atoms with Gasteiger partial charge in [-0.05, 0) is 37.3 Å². The molecule has 0 saturated heterocycles. The Morgan fingerprint density at radius 3 is 2.58 bits per heavy atom. The molecule has 0 atom stereocenters. The Bertz CT molecular complexity index is 623. The molecule has 0 aliphatic carbocycles. The molecule has 3 aromatic rings. The Labute approximate surface area is 111 Å². The van der Waals surface area contributed by atoms with Crippen LogP contribution < -0.4 is 0 Å². The van der Waals surface area contributed by atoms with E-state index in [1.807, 2.05) is 43.3 Å². The van der Waals surface area contributed by atoms with E-state index in [-0.39, 0.29) is 0 Å². The molecule has 0 unspecified atom stereocenters. The molecule has 0 bridgehead atoms. The molecule has 4 nitrogen and oxygen atoms in total. The molecular formula is C15H12N4. The highest BCUT2D eigenvalue weighted by molar-refractivity contribution is 5.60. The zero-order valence-electron chi connectivity index (χ0n) is 10.5. The van der Waals surface area contributed by atoms with E-state index in [0.29, 0.717) is 5.82 Å². The topological polar surface area (TPSA) is 51.6 Å². The van der Waals surface area contributed by atoms with Crippen molar-refractivity contribution in [2.75, 3.05) is 0 Å². The van der Waals surface area contributed by atoms with Crippen molar-refractivity contribution in [1.82, 2.24) is 19.9 Å². The lowest BCUT2D eigenvalue weighted by Gasteiger charge is -2.05. The van der Waals surface area contributed by atoms with Gasteiger partial charge in [0, 0.05) is 29.8 Å². The summed E-state index contributed by atoms with van der Waals surface area (Å²) in [6, 6.07) is 11.5. The quantitative estimate of drug-likeness (QED) is 0.699. The lowest BCUT2D eigenvalue weighted by molar-refractivity contribution is 1.10. The summed E-state index contributed by atoms with van der Waals surface area (Å²) in [6.45, 7) is 1.95. The van der Waals surface area contributed by atoms with Crippen LogP contribution in [0.1, 0.15) is 5.69 Å². The van der Waals surface area contributed by atoms with Crippen LogP contribution in [0.4, 0.5) is 0 Å². The third kappa shape index (κ3) is 2.47. The van der Waals surface area contributed by atoms with E-state index in [9.17, 15) is 0 Å². The van der Waals surface area contributed by atoms with Crippen molar-refractivity contribution in [2.45, 2.75) is 6.92 Å². The molecule has 4 heteroatoms. The van der Waals surface area contributed by atoms with E-state index in [4.69, 9.17) is 0 Å². The SMILES string of the molecule is Cc1cc(-c2ccccn2)nc(-c2cccnc2)n1. The van der Waals surface area contributed by atoms with E-state index < -0.39 is 0 Å². The molecule has 19 heavy (non-hydrogen) atoms. The summed E-state index contributed by atoms with van der Waals surface area (Å²) >= 11 is 0. The maximum Gasteiger partial charge on any atom is 0.161 e. The second kappa shape index (κ2) is 4.94. The van der Waals surface area contributed by atoms with E-state index in [0.717, 1.165) is 22.6 Å². The van der Waals surface area contributed by atoms with Crippen LogP contribution in [0, 0.1) is 6.92 Å². The standard InChI is InChI=1S/C15H12N4/c1-11-9-14(13-6-2-3-8-17-13)19-15(18-11)12-5-4-7-16-10-12/h2-10H,1H3. The highest BCUT2D eigenvalue weighted by atomic mass is 14.9. The van der Waals surface area contributed by atoms with Crippen molar-refractivity contribution >= 4 is 0 Å². The zero-order chi connectivity index (χ0) is 13.1. The minimum Gasteiger partial charge on any atom is -0.264 e. The van der Waals surface area contributed by atoms with Crippen LogP contribution in [0.15, 0.2) is 55.0 Å². The predicted molar refractivity (Wildman–Crippen MR) is 73.2 cm³/mol. The smallest absolute Gasteiger partial charge is 0.161 e. The van der Waals surface area contributed by atoms with Crippen molar-refractivity contribution in [3.05, 3.63) is 60.7 Å². The molecule has 0 aromatic carbocycles. The van der Waals surface area contributed by atoms with Gasteiger partial charge in [-0.2, -0.15) is 0 Å². The van der Waals surface area contributed by atoms with Crippen LogP contribution in [0.25, 0.3) is 22.8 Å². The maximum absolute atomic E-state index is 4.56. The van der Waals surface area contributed by atoms with Gasteiger partial charge in [0.25, 0.3) is 0 Å². The zero-order valence-corrected chi connectivity index (χ0v) is 10.5. The van der Waals surface area contributed by atoms with Crippen LogP contribution in [0.2, 0.25) is 0 Å². The van der Waals surface area contributed by atoms with E-state index in [1.54, 1.807) is 18.6 Å². The molecule has 0 aliphatic heterocycles. The summed E-state index contributed by atoms with van der Waals surface area (Å²) in [4.78, 5) is 17.4. The third-order valence-electron chi connectivity index (χ3n) is 2.70. The van der Waals surface area contributed by atoms with Gasteiger partial charge in [0.1, 0.15) is 0 Å². The van der Waals surface area contributed by atoms with Gasteiger partial charge in [0.05, 0.1) is 11.4 Å². The van der Waals surface area contributed by atoms with Gasteiger partial charge in [-0.3, -0.25) is 9.97 Å². The fourth-order valence-electron chi connectivity index (χ4n) is 1.84. The van der Waals surface area contributed by atoms with Gasteiger partial charge in [0.15, 0.2) is 5.82 Å². The molecule has 0 saturated carbocycles. The van der Waals surface area contributed by atoms with E-state index in [2.05, 4.69) is 19.9 Å². The van der Waals surface area contributed by atoms with Gasteiger partial charge >= 0.3 is 0 Å². The Hall–Kier alpha value is -2.62. The minimum atomic E-state index is 0.675. The van der Waals surface area contributed by atoms with Crippen molar-refractivity contribution in [2.24, 2.45) is 0 Å². The number of aryl methyl sites for hydroxylation is 1. The Morgan fingerprint density at radius 1 is 0.895 bits per heavy atom. The molecule has 3 rings (SSSR count). The average Bonchev–Trinajstić information content (AvgIpc) is 2.48. The van der Waals surface area contributed by atoms with Crippen molar-refractivity contribution in [3.63, 3.8) is 0 Å². The van der Waals surface area contributed by atoms with Gasteiger partial charge in [-0.15, -0.1) is 0 Å². The minimum absolute atomic E-state index is 0.675. The van der Waals surface area contributed by atoms with Crippen molar-refractivity contribution < 1.29 is 0 Å². The molecule has 92 valence electrons. The summed E-state index contributed by atoms with van der Waals surface area (Å²) in [7, 11) is 0. The molecule has 0 fully saturated rings. The third-order valence-corrected chi connectivity index (χ3v) is 2.70. The highest BCUT2D eigenvalue weighted by Crippen LogP contribution is 2.19. The lowest BCUT2D eigenvalue weighted by Crippen LogP contribution is -1.96. The van der Waals surface area contributed by atoms with E-state index >= 15 is 0 Å². The van der Waals surface area contributed by atoms with Crippen molar-refractivity contribution in [3.8, 4) is 22.8 Å². The van der Waals surface area contributed by atoms with Crippen molar-refractivity contribution in [1.29, 1.82) is 0 Å². The number of rotatable bonds is 2. The summed E-state index contributed by atoms with van der Waals surface area (Å²) in [5.41, 5.74) is 3.49. The van der Waals surface area contributed by atoms with Gasteiger partial charge in [-0.25, -0.2) is 9.97 Å². The molecule has 0 radical (unpaired) electrons. The first kappa shape index (κ1) is 11.5. The van der Waals surface area contributed by atoms with Crippen LogP contribution >= 0.6 is 0 Å². The molecule has 0 amide bonds. The monoisotopic (exact) mass is 248 g/mol. The molecule has 0 spiro atoms. The van der Waals surface area contributed by atoms with Gasteiger partial charge < -0.3 is 0 Å². The molecule has 0 aliphatic rings. The Kier molecular flexibility index (Phi) is 2.98. The first-order chi connectivity index (χ1) is 9.33. The summed E-state index contributed by atoms with van der Waals surface area (Å²) in [6.07, 6.45) is 5.26. The fraction of sp³-hybridized carbons (Fsp3) is 0.0667. The average molecular weight is 248 g/mol. The first-order valence-electron chi connectivity index (χ1n) is 6.00. The molecule has 3 aromatic heterocycles. The fourth-order valence-corrected chi connectivity index (χ4v) is 1.84. The van der Waals surface area contributed by atoms with E-state index in [1.165, 1.54) is 0 Å². The maximum atomic E-state index is 4.56. The number of nitrogens with zero attached hydrogens (tertiary/aromatic N) is 4. The summed E-state index contributed by atoms with van der Waals surface area (Å²) in [5.74, 6) is 0.675. The van der Waals surface area contributed by atoms with Crippen LogP contribution in [0.5, 0.6) is 0 Å². The van der Waals surface area contributed by atoms with Crippen LogP contribution in [0.3, 0.4) is 0 Å². The molecular weight excluding hydrogens is 236 g/mol. The normalized spacial score (nSPS) is 10.4. The largest absolute Gasteiger partial charge is 0.264 e. The van der Waals surface area contributed by atoms with Gasteiger partial charge in [-0.1, -0.05) is 6.07 Å². The Morgan fingerprint density at radius 2 is 1.84 bits per heavy atom. The second-order valence-corrected chi connectivity index (χ2v) is 4.17. The van der Waals surface area contributed by atoms with Crippen LogP contribution in [-0.4, -0.2) is 19.9 Å². The summed E-state index contributed by atoms with van der Waals surface area (Å²) in [5, 5.41) is 0. The lowest BCUT2D eigenvalue weighted by atomic mass is 10.2. The Balaban J connectivity index is 2.12. The predicted octanol–water partition coefficient (Wildman–Crippen LogP) is 2.91. The number of aromatic nitrogens is 4. The van der Waals surface area contributed by atoms with Crippen LogP contribution in [-0.2, 0) is 0 Å². The second-order valence-electron chi connectivity index (χ2n) is 4.17. The molecule has 0 N–H and O–H groups in total. The number of pyridine rings is 2. The summed E-state index contributed by atoms with van der Waals surface area (Å²) < 4.78 is 0.